The van der Waals surface area contributed by atoms with Gasteiger partial charge in [-0.1, -0.05) is 41.4 Å². The first kappa shape index (κ1) is 16.8. The Morgan fingerprint density at radius 2 is 1.83 bits per heavy atom. The molecular formula is C17H11Cl2NO3S. The summed E-state index contributed by atoms with van der Waals surface area (Å²) in [6.45, 7) is 0. The van der Waals surface area contributed by atoms with Gasteiger partial charge in [0.2, 0.25) is 0 Å². The minimum atomic E-state index is -0.554. The van der Waals surface area contributed by atoms with Crippen LogP contribution < -0.4 is 9.47 Å². The van der Waals surface area contributed by atoms with E-state index in [2.05, 4.69) is 4.98 Å². The highest BCUT2D eigenvalue weighted by molar-refractivity contribution is 7.13. The van der Waals surface area contributed by atoms with Crippen molar-refractivity contribution in [3.63, 3.8) is 0 Å². The van der Waals surface area contributed by atoms with Crippen LogP contribution >= 0.6 is 34.5 Å². The van der Waals surface area contributed by atoms with Gasteiger partial charge in [0.1, 0.15) is 5.01 Å². The van der Waals surface area contributed by atoms with E-state index in [1.807, 2.05) is 0 Å². The number of methoxy groups -OCH3 is 1. The number of carbonyl (C=O) groups excluding carboxylic acids is 1. The van der Waals surface area contributed by atoms with E-state index >= 15 is 0 Å². The molecule has 4 nitrogen and oxygen atoms in total. The lowest BCUT2D eigenvalue weighted by molar-refractivity contribution is 0.0724. The van der Waals surface area contributed by atoms with Crippen molar-refractivity contribution in [2.24, 2.45) is 0 Å². The molecule has 0 fully saturated rings. The maximum Gasteiger partial charge on any atom is 0.363 e. The molecule has 0 aliphatic carbocycles. The van der Waals surface area contributed by atoms with Gasteiger partial charge in [-0.15, -0.1) is 11.3 Å². The van der Waals surface area contributed by atoms with E-state index in [1.165, 1.54) is 18.4 Å². The first-order chi connectivity index (χ1) is 11.6. The Kier molecular flexibility index (Phi) is 5.04. The van der Waals surface area contributed by atoms with Crippen LogP contribution in [0.5, 0.6) is 11.5 Å². The summed E-state index contributed by atoms with van der Waals surface area (Å²) in [5.74, 6) is 0.266. The zero-order valence-electron chi connectivity index (χ0n) is 12.5. The molecule has 1 aromatic heterocycles. The molecule has 1 heterocycles. The van der Waals surface area contributed by atoms with Crippen LogP contribution in [0, 0.1) is 0 Å². The minimum Gasteiger partial charge on any atom is -0.493 e. The van der Waals surface area contributed by atoms with Crippen LogP contribution in [0.3, 0.4) is 0 Å². The molecule has 0 bridgehead atoms. The van der Waals surface area contributed by atoms with Crippen molar-refractivity contribution in [1.82, 2.24) is 4.98 Å². The lowest BCUT2D eigenvalue weighted by Gasteiger charge is -2.07. The molecule has 0 atom stereocenters. The Labute approximate surface area is 152 Å². The summed E-state index contributed by atoms with van der Waals surface area (Å²) in [6, 6.07) is 12.1. The van der Waals surface area contributed by atoms with E-state index in [-0.39, 0.29) is 5.69 Å². The quantitative estimate of drug-likeness (QED) is 0.453. The number of para-hydroxylation sites is 2. The average molecular weight is 380 g/mol. The normalized spacial score (nSPS) is 10.5. The number of thiazole rings is 1. The third-order valence-corrected chi connectivity index (χ3v) is 4.78. The molecule has 3 rings (SSSR count). The summed E-state index contributed by atoms with van der Waals surface area (Å²) in [6.07, 6.45) is 0. The van der Waals surface area contributed by atoms with Crippen LogP contribution in [-0.2, 0) is 0 Å². The Balaban J connectivity index is 1.82. The van der Waals surface area contributed by atoms with Crippen LogP contribution in [0.25, 0.3) is 10.6 Å². The Bertz CT molecular complexity index is 895. The Morgan fingerprint density at radius 3 is 2.54 bits per heavy atom. The lowest BCUT2D eigenvalue weighted by atomic mass is 10.2. The second kappa shape index (κ2) is 7.21. The van der Waals surface area contributed by atoms with Gasteiger partial charge in [-0.25, -0.2) is 9.78 Å². The highest BCUT2D eigenvalue weighted by Crippen LogP contribution is 2.31. The van der Waals surface area contributed by atoms with Crippen molar-refractivity contribution in [2.45, 2.75) is 0 Å². The smallest absolute Gasteiger partial charge is 0.363 e. The molecule has 24 heavy (non-hydrogen) atoms. The molecule has 0 aliphatic rings. The third-order valence-electron chi connectivity index (χ3n) is 3.15. The maximum atomic E-state index is 12.3. The third kappa shape index (κ3) is 3.53. The van der Waals surface area contributed by atoms with Crippen molar-refractivity contribution in [1.29, 1.82) is 0 Å². The summed E-state index contributed by atoms with van der Waals surface area (Å²) in [5, 5.41) is 3.19. The molecule has 0 spiro atoms. The number of nitrogens with zero attached hydrogens (tertiary/aromatic N) is 1. The molecule has 7 heteroatoms. The highest BCUT2D eigenvalue weighted by atomic mass is 35.5. The summed E-state index contributed by atoms with van der Waals surface area (Å²) < 4.78 is 10.5. The molecule has 0 saturated carbocycles. The molecule has 122 valence electrons. The molecule has 2 aromatic carbocycles. The summed E-state index contributed by atoms with van der Waals surface area (Å²) in [7, 11) is 1.51. The van der Waals surface area contributed by atoms with Crippen molar-refractivity contribution in [3.8, 4) is 22.1 Å². The van der Waals surface area contributed by atoms with Crippen molar-refractivity contribution >= 4 is 40.5 Å². The Hall–Kier alpha value is -2.08. The van der Waals surface area contributed by atoms with E-state index in [0.717, 1.165) is 5.56 Å². The number of aromatic nitrogens is 1. The van der Waals surface area contributed by atoms with Crippen LogP contribution in [0.15, 0.2) is 47.8 Å². The Morgan fingerprint density at radius 1 is 1.08 bits per heavy atom. The van der Waals surface area contributed by atoms with Gasteiger partial charge in [0.05, 0.1) is 17.2 Å². The molecule has 0 N–H and O–H groups in total. The minimum absolute atomic E-state index is 0.215. The molecule has 0 aliphatic heterocycles. The SMILES string of the molecule is COc1ccccc1OC(=O)c1csc(-c2ccc(Cl)c(Cl)c2)n1. The van der Waals surface area contributed by atoms with Gasteiger partial charge >= 0.3 is 5.97 Å². The van der Waals surface area contributed by atoms with E-state index in [1.54, 1.807) is 47.8 Å². The first-order valence-corrected chi connectivity index (χ1v) is 8.48. The maximum absolute atomic E-state index is 12.3. The fourth-order valence-corrected chi connectivity index (χ4v) is 3.07. The molecule has 3 aromatic rings. The van der Waals surface area contributed by atoms with Crippen molar-refractivity contribution in [2.75, 3.05) is 7.11 Å². The number of benzene rings is 2. The molecule has 0 radical (unpaired) electrons. The van der Waals surface area contributed by atoms with Gasteiger partial charge in [0.25, 0.3) is 0 Å². The fourth-order valence-electron chi connectivity index (χ4n) is 1.98. The van der Waals surface area contributed by atoms with E-state index < -0.39 is 5.97 Å². The van der Waals surface area contributed by atoms with Crippen LogP contribution in [0.2, 0.25) is 10.0 Å². The van der Waals surface area contributed by atoms with Crippen molar-refractivity contribution in [3.05, 3.63) is 63.6 Å². The van der Waals surface area contributed by atoms with Gasteiger partial charge in [0.15, 0.2) is 17.2 Å². The molecular weight excluding hydrogens is 369 g/mol. The lowest BCUT2D eigenvalue weighted by Crippen LogP contribution is -2.09. The number of ether oxygens (including phenoxy) is 2. The molecule has 0 amide bonds. The average Bonchev–Trinajstić information content (AvgIpc) is 3.08. The number of hydrogen-bond donors (Lipinski definition) is 0. The van der Waals surface area contributed by atoms with Gasteiger partial charge in [-0.2, -0.15) is 0 Å². The van der Waals surface area contributed by atoms with Crippen LogP contribution in [0.4, 0.5) is 0 Å². The second-order valence-corrected chi connectivity index (χ2v) is 6.38. The molecule has 0 unspecified atom stereocenters. The second-order valence-electron chi connectivity index (χ2n) is 4.71. The van der Waals surface area contributed by atoms with Gasteiger partial charge < -0.3 is 9.47 Å². The van der Waals surface area contributed by atoms with Gasteiger partial charge in [0, 0.05) is 10.9 Å². The molecule has 0 saturated heterocycles. The topological polar surface area (TPSA) is 48.4 Å². The zero-order valence-corrected chi connectivity index (χ0v) is 14.8. The number of carbonyl (C=O) groups is 1. The van der Waals surface area contributed by atoms with Crippen LogP contribution in [-0.4, -0.2) is 18.1 Å². The highest BCUT2D eigenvalue weighted by Gasteiger charge is 2.16. The van der Waals surface area contributed by atoms with E-state index in [0.29, 0.717) is 26.6 Å². The zero-order chi connectivity index (χ0) is 17.1. The number of hydrogen-bond acceptors (Lipinski definition) is 5. The number of rotatable bonds is 4. The van der Waals surface area contributed by atoms with Crippen molar-refractivity contribution < 1.29 is 14.3 Å². The van der Waals surface area contributed by atoms with Gasteiger partial charge in [-0.05, 0) is 24.3 Å². The summed E-state index contributed by atoms with van der Waals surface area (Å²) in [5.41, 5.74) is 0.998. The number of halogens is 2. The monoisotopic (exact) mass is 379 g/mol. The van der Waals surface area contributed by atoms with Crippen LogP contribution in [0.1, 0.15) is 10.5 Å². The first-order valence-electron chi connectivity index (χ1n) is 6.84. The van der Waals surface area contributed by atoms with Gasteiger partial charge in [-0.3, -0.25) is 0 Å². The fraction of sp³-hybridized carbons (Fsp3) is 0.0588. The van der Waals surface area contributed by atoms with E-state index in [9.17, 15) is 4.79 Å². The van der Waals surface area contributed by atoms with E-state index in [4.69, 9.17) is 32.7 Å². The summed E-state index contributed by atoms with van der Waals surface area (Å²) in [4.78, 5) is 16.6. The standard InChI is InChI=1S/C17H11Cl2NO3S/c1-22-14-4-2-3-5-15(14)23-17(21)13-9-24-16(20-13)10-6-7-11(18)12(19)8-10/h2-9H,1H3. The largest absolute Gasteiger partial charge is 0.493 e. The number of esters is 1. The predicted octanol–water partition coefficient (Wildman–Crippen LogP) is 5.34. The predicted molar refractivity (Wildman–Crippen MR) is 95.5 cm³/mol. The summed E-state index contributed by atoms with van der Waals surface area (Å²) >= 11 is 13.2.